The lowest BCUT2D eigenvalue weighted by molar-refractivity contribution is -0.139. The van der Waals surface area contributed by atoms with Gasteiger partial charge in [-0.15, -0.1) is 6.58 Å². The minimum absolute atomic E-state index is 0.0407. The number of likely N-dealkylation sites (tertiary alicyclic amines) is 1. The second-order valence-electron chi connectivity index (χ2n) is 5.62. The smallest absolute Gasteiger partial charge is 0.226 e. The largest absolute Gasteiger partial charge is 0.394 e. The van der Waals surface area contributed by atoms with Gasteiger partial charge in [0.25, 0.3) is 0 Å². The summed E-state index contributed by atoms with van der Waals surface area (Å²) < 4.78 is 5.06. The molecule has 0 aromatic carbocycles. The van der Waals surface area contributed by atoms with Crippen molar-refractivity contribution in [3.63, 3.8) is 0 Å². The van der Waals surface area contributed by atoms with Crippen molar-refractivity contribution in [3.05, 3.63) is 12.7 Å². The van der Waals surface area contributed by atoms with Gasteiger partial charge in [-0.25, -0.2) is 0 Å². The van der Waals surface area contributed by atoms with E-state index in [0.29, 0.717) is 26.1 Å². The van der Waals surface area contributed by atoms with Gasteiger partial charge in [-0.1, -0.05) is 6.08 Å². The number of nitrogens with zero attached hydrogens (tertiary/aromatic N) is 1. The Kier molecular flexibility index (Phi) is 9.51. The number of rotatable bonds is 11. The number of amides is 2. The van der Waals surface area contributed by atoms with Crippen molar-refractivity contribution in [3.8, 4) is 0 Å². The lowest BCUT2D eigenvalue weighted by atomic mass is 9.98. The molecule has 0 unspecified atom stereocenters. The highest BCUT2D eigenvalue weighted by molar-refractivity contribution is 5.86. The van der Waals surface area contributed by atoms with Crippen molar-refractivity contribution in [1.29, 1.82) is 0 Å². The van der Waals surface area contributed by atoms with Crippen molar-refractivity contribution in [2.24, 2.45) is 5.92 Å². The molecule has 2 atom stereocenters. The molecular weight excluding hydrogens is 300 g/mol. The van der Waals surface area contributed by atoms with Crippen LogP contribution in [0.4, 0.5) is 0 Å². The number of hydrogen-bond acceptors (Lipinski definition) is 5. The van der Waals surface area contributed by atoms with Gasteiger partial charge in [0.15, 0.2) is 0 Å². The van der Waals surface area contributed by atoms with Gasteiger partial charge in [-0.05, 0) is 19.3 Å². The van der Waals surface area contributed by atoms with E-state index in [1.165, 1.54) is 0 Å². The maximum atomic E-state index is 12.6. The Bertz CT molecular complexity index is 389. The van der Waals surface area contributed by atoms with Gasteiger partial charge in [0.1, 0.15) is 0 Å². The van der Waals surface area contributed by atoms with Crippen LogP contribution >= 0.6 is 0 Å². The van der Waals surface area contributed by atoms with Crippen molar-refractivity contribution in [2.45, 2.75) is 31.7 Å². The van der Waals surface area contributed by atoms with Crippen LogP contribution in [-0.4, -0.2) is 72.5 Å². The van der Waals surface area contributed by atoms with Gasteiger partial charge in [0.2, 0.25) is 11.8 Å². The number of aliphatic hydroxyl groups is 2. The Hall–Kier alpha value is -1.44. The zero-order valence-corrected chi connectivity index (χ0v) is 13.6. The molecule has 0 aromatic rings. The average Bonchev–Trinajstić information content (AvgIpc) is 3.02. The van der Waals surface area contributed by atoms with Crippen LogP contribution in [0.25, 0.3) is 0 Å². The van der Waals surface area contributed by atoms with Gasteiger partial charge in [-0.2, -0.15) is 0 Å². The van der Waals surface area contributed by atoms with Crippen LogP contribution in [0.5, 0.6) is 0 Å². The molecule has 1 fully saturated rings. The third-order valence-electron chi connectivity index (χ3n) is 3.91. The summed E-state index contributed by atoms with van der Waals surface area (Å²) in [6, 6.07) is -0.134. The standard InChI is InChI=1S/C16H28N2O5/c1-2-4-13(11-15(21)17-6-9-23-10-8-19)16(22)18-7-3-5-14(18)12-20/h2,13-14,19-20H,1,3-12H2,(H,17,21)/t13-,14+/m1/s1. The number of hydrogen-bond donors (Lipinski definition) is 3. The second kappa shape index (κ2) is 11.2. The molecule has 23 heavy (non-hydrogen) atoms. The number of aliphatic hydroxyl groups excluding tert-OH is 2. The summed E-state index contributed by atoms with van der Waals surface area (Å²) in [4.78, 5) is 26.2. The van der Waals surface area contributed by atoms with Crippen LogP contribution in [0.15, 0.2) is 12.7 Å². The van der Waals surface area contributed by atoms with E-state index in [1.54, 1.807) is 11.0 Å². The molecule has 1 aliphatic rings. The van der Waals surface area contributed by atoms with Crippen molar-refractivity contribution >= 4 is 11.8 Å². The molecule has 1 heterocycles. The fourth-order valence-electron chi connectivity index (χ4n) is 2.75. The average molecular weight is 328 g/mol. The monoisotopic (exact) mass is 328 g/mol. The van der Waals surface area contributed by atoms with Gasteiger partial charge in [0, 0.05) is 19.5 Å². The Morgan fingerprint density at radius 1 is 1.39 bits per heavy atom. The third-order valence-corrected chi connectivity index (χ3v) is 3.91. The van der Waals surface area contributed by atoms with E-state index < -0.39 is 5.92 Å². The van der Waals surface area contributed by atoms with Gasteiger partial charge < -0.3 is 25.2 Å². The topological polar surface area (TPSA) is 99.1 Å². The van der Waals surface area contributed by atoms with Gasteiger partial charge in [0.05, 0.1) is 38.4 Å². The summed E-state index contributed by atoms with van der Waals surface area (Å²) in [7, 11) is 0. The first-order valence-electron chi connectivity index (χ1n) is 8.11. The van der Waals surface area contributed by atoms with E-state index >= 15 is 0 Å². The van der Waals surface area contributed by atoms with Crippen LogP contribution in [0.1, 0.15) is 25.7 Å². The highest BCUT2D eigenvalue weighted by Crippen LogP contribution is 2.22. The molecule has 1 aliphatic heterocycles. The molecule has 7 heteroatoms. The summed E-state index contributed by atoms with van der Waals surface area (Å²) in [6.45, 7) is 5.11. The van der Waals surface area contributed by atoms with E-state index in [1.807, 2.05) is 0 Å². The first-order valence-corrected chi connectivity index (χ1v) is 8.11. The molecule has 1 rings (SSSR count). The summed E-state index contributed by atoms with van der Waals surface area (Å²) >= 11 is 0. The minimum Gasteiger partial charge on any atom is -0.394 e. The van der Waals surface area contributed by atoms with Crippen LogP contribution < -0.4 is 5.32 Å². The lowest BCUT2D eigenvalue weighted by Crippen LogP contribution is -2.42. The van der Waals surface area contributed by atoms with E-state index in [9.17, 15) is 14.7 Å². The molecule has 0 spiro atoms. The zero-order chi connectivity index (χ0) is 17.1. The maximum Gasteiger partial charge on any atom is 0.226 e. The van der Waals surface area contributed by atoms with Crippen LogP contribution in [0.3, 0.4) is 0 Å². The fraction of sp³-hybridized carbons (Fsp3) is 0.750. The molecule has 0 aromatic heterocycles. The normalized spacial score (nSPS) is 18.7. The molecular formula is C16H28N2O5. The van der Waals surface area contributed by atoms with Gasteiger partial charge in [-0.3, -0.25) is 9.59 Å². The van der Waals surface area contributed by atoms with Crippen molar-refractivity contribution in [2.75, 3.05) is 39.5 Å². The van der Waals surface area contributed by atoms with Crippen LogP contribution in [0.2, 0.25) is 0 Å². The highest BCUT2D eigenvalue weighted by Gasteiger charge is 2.33. The molecule has 1 saturated heterocycles. The number of allylic oxidation sites excluding steroid dienone is 1. The van der Waals surface area contributed by atoms with E-state index in [0.717, 1.165) is 12.8 Å². The molecule has 0 radical (unpaired) electrons. The zero-order valence-electron chi connectivity index (χ0n) is 13.6. The minimum atomic E-state index is -0.446. The molecule has 3 N–H and O–H groups in total. The third kappa shape index (κ3) is 6.68. The van der Waals surface area contributed by atoms with E-state index in [4.69, 9.17) is 9.84 Å². The quantitative estimate of drug-likeness (QED) is 0.356. The second-order valence-corrected chi connectivity index (χ2v) is 5.62. The van der Waals surface area contributed by atoms with Gasteiger partial charge >= 0.3 is 0 Å². The summed E-state index contributed by atoms with van der Waals surface area (Å²) in [5.74, 6) is -0.747. The van der Waals surface area contributed by atoms with E-state index in [2.05, 4.69) is 11.9 Å². The Balaban J connectivity index is 2.45. The van der Waals surface area contributed by atoms with Crippen molar-refractivity contribution in [1.82, 2.24) is 10.2 Å². The number of nitrogens with one attached hydrogen (secondary N) is 1. The molecule has 7 nitrogen and oxygen atoms in total. The maximum absolute atomic E-state index is 12.6. The molecule has 0 bridgehead atoms. The van der Waals surface area contributed by atoms with Crippen LogP contribution in [-0.2, 0) is 14.3 Å². The summed E-state index contributed by atoms with van der Waals surface area (Å²) in [5, 5.41) is 20.6. The highest BCUT2D eigenvalue weighted by atomic mass is 16.5. The molecule has 0 aliphatic carbocycles. The Morgan fingerprint density at radius 3 is 2.83 bits per heavy atom. The summed E-state index contributed by atoms with van der Waals surface area (Å²) in [6.07, 6.45) is 3.86. The number of carbonyl (C=O) groups excluding carboxylic acids is 2. The van der Waals surface area contributed by atoms with Crippen LogP contribution in [0, 0.1) is 5.92 Å². The Labute approximate surface area is 137 Å². The molecule has 0 saturated carbocycles. The predicted octanol–water partition coefficient (Wildman–Crippen LogP) is -0.323. The molecule has 2 amide bonds. The lowest BCUT2D eigenvalue weighted by Gasteiger charge is -2.27. The van der Waals surface area contributed by atoms with Crippen molar-refractivity contribution < 1.29 is 24.5 Å². The predicted molar refractivity (Wildman–Crippen MR) is 85.7 cm³/mol. The molecule has 132 valence electrons. The SMILES string of the molecule is C=CC[C@H](CC(=O)NCCOCCO)C(=O)N1CCC[C@H]1CO. The Morgan fingerprint density at radius 2 is 2.17 bits per heavy atom. The van der Waals surface area contributed by atoms with E-state index in [-0.39, 0.29) is 44.1 Å². The first-order chi connectivity index (χ1) is 11.1. The number of ether oxygens (including phenoxy) is 1. The number of carbonyl (C=O) groups is 2. The fourth-order valence-corrected chi connectivity index (χ4v) is 2.75. The summed E-state index contributed by atoms with van der Waals surface area (Å²) in [5.41, 5.74) is 0. The first kappa shape index (κ1) is 19.6.